The fourth-order valence-corrected chi connectivity index (χ4v) is 3.26. The fraction of sp³-hybridized carbons (Fsp3) is 1.00. The van der Waals surface area contributed by atoms with Gasteiger partial charge in [0.2, 0.25) is 0 Å². The molecule has 0 spiro atoms. The summed E-state index contributed by atoms with van der Waals surface area (Å²) in [6.07, 6.45) is 0.784. The van der Waals surface area contributed by atoms with Crippen molar-refractivity contribution in [2.75, 3.05) is 18.1 Å². The van der Waals surface area contributed by atoms with Crippen molar-refractivity contribution >= 4 is 9.84 Å². The number of hydrogen-bond acceptors (Lipinski definition) is 3. The Labute approximate surface area is 78.4 Å². The average molecular weight is 209 g/mol. The number of hydrogen-bond donors (Lipinski definition) is 1. The van der Waals surface area contributed by atoms with E-state index >= 15 is 0 Å². The zero-order valence-corrected chi connectivity index (χ0v) is 8.39. The maximum absolute atomic E-state index is 13.2. The highest BCUT2D eigenvalue weighted by molar-refractivity contribution is 7.91. The summed E-state index contributed by atoms with van der Waals surface area (Å²) in [5, 5.41) is 0. The SMILES string of the molecule is NCCCC1CCS(=O)(=O)CC1F. The van der Waals surface area contributed by atoms with E-state index in [0.717, 1.165) is 6.42 Å². The van der Waals surface area contributed by atoms with Crippen molar-refractivity contribution in [3.05, 3.63) is 0 Å². The van der Waals surface area contributed by atoms with Crippen LogP contribution in [0.1, 0.15) is 19.3 Å². The Bertz CT molecular complexity index is 253. The summed E-state index contributed by atoms with van der Waals surface area (Å²) < 4.78 is 35.3. The monoisotopic (exact) mass is 209 g/mol. The molecule has 5 heteroatoms. The molecule has 1 fully saturated rings. The molecule has 2 unspecified atom stereocenters. The van der Waals surface area contributed by atoms with Crippen LogP contribution >= 0.6 is 0 Å². The molecule has 0 aromatic heterocycles. The minimum atomic E-state index is -3.10. The molecule has 0 aromatic rings. The van der Waals surface area contributed by atoms with E-state index < -0.39 is 16.0 Å². The largest absolute Gasteiger partial charge is 0.330 e. The lowest BCUT2D eigenvalue weighted by Crippen LogP contribution is -2.34. The normalized spacial score (nSPS) is 33.1. The molecule has 78 valence electrons. The van der Waals surface area contributed by atoms with Gasteiger partial charge in [-0.1, -0.05) is 0 Å². The van der Waals surface area contributed by atoms with Crippen molar-refractivity contribution in [3.8, 4) is 0 Å². The lowest BCUT2D eigenvalue weighted by molar-refractivity contribution is 0.223. The van der Waals surface area contributed by atoms with Gasteiger partial charge in [0, 0.05) is 0 Å². The van der Waals surface area contributed by atoms with Crippen LogP contribution in [-0.2, 0) is 9.84 Å². The van der Waals surface area contributed by atoms with Crippen molar-refractivity contribution in [2.45, 2.75) is 25.4 Å². The molecule has 2 N–H and O–H groups in total. The number of nitrogens with two attached hydrogens (primary N) is 1. The van der Waals surface area contributed by atoms with Gasteiger partial charge >= 0.3 is 0 Å². The first-order valence-corrected chi connectivity index (χ1v) is 6.42. The second-order valence-corrected chi connectivity index (χ2v) is 5.84. The molecular weight excluding hydrogens is 193 g/mol. The summed E-state index contributed by atoms with van der Waals surface area (Å²) in [5.41, 5.74) is 5.30. The van der Waals surface area contributed by atoms with Crippen LogP contribution in [0, 0.1) is 5.92 Å². The predicted molar refractivity (Wildman–Crippen MR) is 49.9 cm³/mol. The zero-order valence-electron chi connectivity index (χ0n) is 7.58. The molecule has 1 aliphatic rings. The highest BCUT2D eigenvalue weighted by Gasteiger charge is 2.32. The number of sulfone groups is 1. The molecule has 1 aliphatic heterocycles. The number of halogens is 1. The molecule has 13 heavy (non-hydrogen) atoms. The van der Waals surface area contributed by atoms with Crippen molar-refractivity contribution < 1.29 is 12.8 Å². The maximum atomic E-state index is 13.2. The highest BCUT2D eigenvalue weighted by atomic mass is 32.2. The van der Waals surface area contributed by atoms with Gasteiger partial charge in [0.05, 0.1) is 11.5 Å². The summed E-state index contributed by atoms with van der Waals surface area (Å²) in [4.78, 5) is 0. The molecule has 0 aromatic carbocycles. The molecule has 0 saturated carbocycles. The Morgan fingerprint density at radius 1 is 1.46 bits per heavy atom. The van der Waals surface area contributed by atoms with Gasteiger partial charge in [0.15, 0.2) is 9.84 Å². The van der Waals surface area contributed by atoms with Crippen LogP contribution in [0.15, 0.2) is 0 Å². The van der Waals surface area contributed by atoms with E-state index in [4.69, 9.17) is 5.73 Å². The molecule has 1 rings (SSSR count). The summed E-state index contributed by atoms with van der Waals surface area (Å²) in [7, 11) is -3.10. The molecular formula is C8H16FNO2S. The van der Waals surface area contributed by atoms with Crippen LogP contribution < -0.4 is 5.73 Å². The van der Waals surface area contributed by atoms with Crippen LogP contribution in [0.25, 0.3) is 0 Å². The average Bonchev–Trinajstić information content (AvgIpc) is 2.02. The third-order valence-corrected chi connectivity index (χ3v) is 4.19. The van der Waals surface area contributed by atoms with Crippen molar-refractivity contribution in [1.82, 2.24) is 0 Å². The van der Waals surface area contributed by atoms with Gasteiger partial charge in [0.1, 0.15) is 6.17 Å². The standard InChI is InChI=1S/C8H16FNO2S/c9-8-6-13(11,12)5-3-7(8)2-1-4-10/h7-8H,1-6,10H2. The summed E-state index contributed by atoms with van der Waals surface area (Å²) in [6, 6.07) is 0. The van der Waals surface area contributed by atoms with Crippen molar-refractivity contribution in [2.24, 2.45) is 11.7 Å². The van der Waals surface area contributed by atoms with E-state index in [0.29, 0.717) is 19.4 Å². The molecule has 0 aliphatic carbocycles. The molecule has 1 saturated heterocycles. The van der Waals surface area contributed by atoms with Gasteiger partial charge in [-0.05, 0) is 31.7 Å². The fourth-order valence-electron chi connectivity index (χ4n) is 1.68. The second-order valence-electron chi connectivity index (χ2n) is 3.61. The number of alkyl halides is 1. The third kappa shape index (κ3) is 3.23. The van der Waals surface area contributed by atoms with E-state index in [-0.39, 0.29) is 17.4 Å². The van der Waals surface area contributed by atoms with Gasteiger partial charge in [-0.15, -0.1) is 0 Å². The third-order valence-electron chi connectivity index (χ3n) is 2.50. The van der Waals surface area contributed by atoms with E-state index in [1.165, 1.54) is 0 Å². The molecule has 0 amide bonds. The van der Waals surface area contributed by atoms with Gasteiger partial charge in [-0.3, -0.25) is 0 Å². The van der Waals surface area contributed by atoms with Crippen LogP contribution in [0.5, 0.6) is 0 Å². The minimum Gasteiger partial charge on any atom is -0.330 e. The first-order chi connectivity index (χ1) is 6.05. The van der Waals surface area contributed by atoms with Gasteiger partial charge in [-0.2, -0.15) is 0 Å². The smallest absolute Gasteiger partial charge is 0.153 e. The number of rotatable bonds is 3. The minimum absolute atomic E-state index is 0.0907. The second kappa shape index (κ2) is 4.37. The molecule has 2 atom stereocenters. The Morgan fingerprint density at radius 3 is 2.69 bits per heavy atom. The van der Waals surface area contributed by atoms with Crippen LogP contribution in [0.2, 0.25) is 0 Å². The van der Waals surface area contributed by atoms with E-state index in [1.54, 1.807) is 0 Å². The van der Waals surface area contributed by atoms with Gasteiger partial charge < -0.3 is 5.73 Å². The molecule has 1 heterocycles. The Hall–Kier alpha value is -0.160. The van der Waals surface area contributed by atoms with Crippen molar-refractivity contribution in [1.29, 1.82) is 0 Å². The molecule has 3 nitrogen and oxygen atoms in total. The zero-order chi connectivity index (χ0) is 9.90. The Balaban J connectivity index is 2.44. The van der Waals surface area contributed by atoms with Gasteiger partial charge in [-0.25, -0.2) is 12.8 Å². The van der Waals surface area contributed by atoms with Crippen LogP contribution in [0.3, 0.4) is 0 Å². The summed E-state index contributed by atoms with van der Waals surface area (Å²) in [6.45, 7) is 0.552. The maximum Gasteiger partial charge on any atom is 0.153 e. The first-order valence-electron chi connectivity index (χ1n) is 4.60. The topological polar surface area (TPSA) is 60.2 Å². The van der Waals surface area contributed by atoms with Gasteiger partial charge in [0.25, 0.3) is 0 Å². The molecule has 0 bridgehead atoms. The predicted octanol–water partition coefficient (Wildman–Crippen LogP) is 0.498. The van der Waals surface area contributed by atoms with E-state index in [2.05, 4.69) is 0 Å². The van der Waals surface area contributed by atoms with Crippen molar-refractivity contribution in [3.63, 3.8) is 0 Å². The molecule has 0 radical (unpaired) electrons. The lowest BCUT2D eigenvalue weighted by atomic mass is 9.95. The first kappa shape index (κ1) is 10.9. The lowest BCUT2D eigenvalue weighted by Gasteiger charge is -2.25. The summed E-state index contributed by atoms with van der Waals surface area (Å²) >= 11 is 0. The summed E-state index contributed by atoms with van der Waals surface area (Å²) in [5.74, 6) is -0.239. The Morgan fingerprint density at radius 2 is 2.15 bits per heavy atom. The van der Waals surface area contributed by atoms with E-state index in [9.17, 15) is 12.8 Å². The van der Waals surface area contributed by atoms with Crippen LogP contribution in [-0.4, -0.2) is 32.6 Å². The van der Waals surface area contributed by atoms with Crippen LogP contribution in [0.4, 0.5) is 4.39 Å². The Kier molecular flexibility index (Phi) is 3.67. The highest BCUT2D eigenvalue weighted by Crippen LogP contribution is 2.25. The van der Waals surface area contributed by atoms with E-state index in [1.807, 2.05) is 0 Å². The quantitative estimate of drug-likeness (QED) is 0.736.